The van der Waals surface area contributed by atoms with Gasteiger partial charge < -0.3 is 29.5 Å². The van der Waals surface area contributed by atoms with Crippen molar-refractivity contribution in [3.05, 3.63) is 40.4 Å². The van der Waals surface area contributed by atoms with Crippen molar-refractivity contribution >= 4 is 17.7 Å². The first-order valence-electron chi connectivity index (χ1n) is 14.3. The molecule has 0 spiro atoms. The Labute approximate surface area is 239 Å². The van der Waals surface area contributed by atoms with E-state index in [9.17, 15) is 29.7 Å². The highest BCUT2D eigenvalue weighted by atomic mass is 16.6. The summed E-state index contributed by atoms with van der Waals surface area (Å²) in [5.74, 6) is -5.52. The van der Waals surface area contributed by atoms with E-state index in [1.165, 1.54) is 0 Å². The largest absolute Gasteiger partial charge is 0.476 e. The van der Waals surface area contributed by atoms with Crippen molar-refractivity contribution < 1.29 is 43.9 Å². The minimum absolute atomic E-state index is 0.141. The van der Waals surface area contributed by atoms with Crippen LogP contribution in [-0.4, -0.2) is 62.6 Å². The van der Waals surface area contributed by atoms with Gasteiger partial charge in [-0.15, -0.1) is 0 Å². The highest BCUT2D eigenvalue weighted by Gasteiger charge is 2.88. The summed E-state index contributed by atoms with van der Waals surface area (Å²) < 4.78 is 17.6. The molecule has 0 aromatic rings. The number of aliphatic hydroxyl groups excluding tert-OH is 1. The molecule has 0 unspecified atom stereocenters. The maximum absolute atomic E-state index is 13.4. The van der Waals surface area contributed by atoms with E-state index in [0.717, 1.165) is 0 Å². The highest BCUT2D eigenvalue weighted by Crippen LogP contribution is 2.77. The molecule has 11 heteroatoms. The van der Waals surface area contributed by atoms with Gasteiger partial charge in [0.05, 0.1) is 5.60 Å². The second-order valence-electron chi connectivity index (χ2n) is 12.5. The van der Waals surface area contributed by atoms with Crippen LogP contribution in [0.25, 0.3) is 4.98 Å². The number of hydrogen-bond acceptors (Lipinski definition) is 10. The first-order valence-corrected chi connectivity index (χ1v) is 14.3. The number of ether oxygens (including phenoxy) is 3. The minimum Gasteiger partial charge on any atom is -0.476 e. The summed E-state index contributed by atoms with van der Waals surface area (Å²) in [5, 5.41) is 44.2. The summed E-state index contributed by atoms with van der Waals surface area (Å²) in [6.07, 6.45) is 4.21. The van der Waals surface area contributed by atoms with E-state index in [0.29, 0.717) is 30.2 Å². The molecule has 0 saturated heterocycles. The summed E-state index contributed by atoms with van der Waals surface area (Å²) in [4.78, 5) is 41.4. The number of fused-ring (bicyclic) bond motifs is 5. The van der Waals surface area contributed by atoms with E-state index in [1.54, 1.807) is 26.0 Å². The normalized spacial score (nSPS) is 38.7. The van der Waals surface area contributed by atoms with Crippen molar-refractivity contribution in [2.45, 2.75) is 96.6 Å². The molecule has 3 N–H and O–H groups in total. The van der Waals surface area contributed by atoms with Crippen LogP contribution in [0.1, 0.15) is 73.6 Å². The van der Waals surface area contributed by atoms with E-state index in [-0.39, 0.29) is 25.9 Å². The molecule has 2 fully saturated rings. The molecule has 224 valence electrons. The number of carbonyl (C=O) groups excluding carboxylic acids is 3. The molecule has 0 bridgehead atoms. The first-order chi connectivity index (χ1) is 19.2. The molecule has 0 amide bonds. The standard InChI is InChI=1S/C30H40N2O9/c1-7-9-21(33)39-15-18-12-19-24-27(5,6)30(24,41-22(34)10-8-2)26(40-23(35)14-32-31)17(4)29(19,38)20-11-16(3)25(36)28(20,37)13-18/h11-12,14,17,19-20,24,26,37-38H,7-10,13,15H2,1-6H3/p+1/b23-14+/t17-,19+,20-,24-,26-,28-,29-,30-/m1/s1. The number of esters is 2. The number of Topliss-reactive ketones (excluding diaryl/α,β-unsaturated/α-hetero) is 1. The lowest BCUT2D eigenvalue weighted by atomic mass is 9.59. The third-order valence-electron chi connectivity index (χ3n) is 9.78. The Morgan fingerprint density at radius 3 is 2.39 bits per heavy atom. The van der Waals surface area contributed by atoms with Gasteiger partial charge in [0.25, 0.3) is 0 Å². The van der Waals surface area contributed by atoms with Crippen molar-refractivity contribution in [3.8, 4) is 0 Å². The second-order valence-corrected chi connectivity index (χ2v) is 12.5. The van der Waals surface area contributed by atoms with Crippen LogP contribution in [0.15, 0.2) is 35.4 Å². The predicted molar refractivity (Wildman–Crippen MR) is 145 cm³/mol. The van der Waals surface area contributed by atoms with Crippen molar-refractivity contribution in [3.63, 3.8) is 0 Å². The number of ketones is 1. The quantitative estimate of drug-likeness (QED) is 0.159. The third kappa shape index (κ3) is 4.47. The third-order valence-corrected chi connectivity index (χ3v) is 9.78. The van der Waals surface area contributed by atoms with Gasteiger partial charge in [0, 0.05) is 48.3 Å². The molecular weight excluding hydrogens is 532 g/mol. The molecular formula is C30H41N2O9+. The maximum Gasteiger partial charge on any atom is 0.429 e. The van der Waals surface area contributed by atoms with Gasteiger partial charge in [-0.05, 0) is 30.9 Å². The van der Waals surface area contributed by atoms with Crippen molar-refractivity contribution in [2.24, 2.45) is 29.1 Å². The van der Waals surface area contributed by atoms with Crippen LogP contribution >= 0.6 is 0 Å². The lowest BCUT2D eigenvalue weighted by molar-refractivity contribution is -0.228. The van der Waals surface area contributed by atoms with Crippen LogP contribution in [0, 0.1) is 34.5 Å². The van der Waals surface area contributed by atoms with E-state index in [1.807, 2.05) is 27.7 Å². The predicted octanol–water partition coefficient (Wildman–Crippen LogP) is 3.87. The Bertz CT molecular complexity index is 1260. The number of nitrogens with zero attached hydrogens (tertiary/aromatic N) is 2. The van der Waals surface area contributed by atoms with E-state index >= 15 is 0 Å². The number of carbonyl (C=O) groups is 3. The van der Waals surface area contributed by atoms with Crippen molar-refractivity contribution in [1.29, 1.82) is 5.39 Å². The summed E-state index contributed by atoms with van der Waals surface area (Å²) in [6, 6.07) is 0. The molecule has 0 aromatic carbocycles. The van der Waals surface area contributed by atoms with Gasteiger partial charge in [-0.3, -0.25) is 14.4 Å². The Morgan fingerprint density at radius 2 is 1.78 bits per heavy atom. The number of diazo groups is 1. The van der Waals surface area contributed by atoms with Gasteiger partial charge in [-0.25, -0.2) is 0 Å². The maximum atomic E-state index is 13.4. The summed E-state index contributed by atoms with van der Waals surface area (Å²) in [7, 11) is 0. The molecule has 0 aromatic heterocycles. The summed E-state index contributed by atoms with van der Waals surface area (Å²) in [5.41, 5.74) is -5.20. The summed E-state index contributed by atoms with van der Waals surface area (Å²) >= 11 is 0. The lowest BCUT2D eigenvalue weighted by Gasteiger charge is -2.53. The highest BCUT2D eigenvalue weighted by molar-refractivity contribution is 6.04. The molecule has 41 heavy (non-hydrogen) atoms. The van der Waals surface area contributed by atoms with Gasteiger partial charge in [0.15, 0.2) is 16.4 Å². The fraction of sp³-hybridized carbons (Fsp3) is 0.700. The smallest absolute Gasteiger partial charge is 0.429 e. The molecule has 0 aliphatic heterocycles. The van der Waals surface area contributed by atoms with Gasteiger partial charge in [-0.2, -0.15) is 0 Å². The molecule has 4 aliphatic rings. The molecule has 4 aliphatic carbocycles. The average Bonchev–Trinajstić information content (AvgIpc) is 3.31. The number of rotatable bonds is 9. The molecule has 8 atom stereocenters. The van der Waals surface area contributed by atoms with Gasteiger partial charge in [0.1, 0.15) is 18.3 Å². The first kappa shape index (κ1) is 30.7. The second kappa shape index (κ2) is 10.6. The van der Waals surface area contributed by atoms with Crippen LogP contribution in [0.2, 0.25) is 0 Å². The fourth-order valence-electron chi connectivity index (χ4n) is 7.92. The molecule has 0 radical (unpaired) electrons. The number of aliphatic hydroxyl groups is 3. The van der Waals surface area contributed by atoms with E-state index < -0.39 is 75.7 Å². The van der Waals surface area contributed by atoms with Crippen LogP contribution in [0.4, 0.5) is 0 Å². The average molecular weight is 574 g/mol. The Morgan fingerprint density at radius 1 is 1.15 bits per heavy atom. The Kier molecular flexibility index (Phi) is 7.91. The zero-order valence-corrected chi connectivity index (χ0v) is 24.5. The van der Waals surface area contributed by atoms with E-state index in [4.69, 9.17) is 19.6 Å². The van der Waals surface area contributed by atoms with Crippen LogP contribution in [-0.2, 0) is 28.6 Å². The van der Waals surface area contributed by atoms with Crippen molar-refractivity contribution in [2.75, 3.05) is 6.61 Å². The fourth-order valence-corrected chi connectivity index (χ4v) is 7.92. The van der Waals surface area contributed by atoms with Gasteiger partial charge in [-0.1, -0.05) is 46.8 Å². The number of hydrogen-bond donors (Lipinski definition) is 3. The van der Waals surface area contributed by atoms with Gasteiger partial charge in [0.2, 0.25) is 5.39 Å². The monoisotopic (exact) mass is 573 g/mol. The molecule has 4 rings (SSSR count). The SMILES string of the molecule is CCCC(=O)OCC1=C[C@H]2[C@@H]3C(C)(C)[C@]3(OC(=O)CCC)[C@H](O/C(O)=C/[N+]#N)[C@@H](C)[C@]2(O)[C@@H]2C=C(C)C(=O)[C@@]2(O)C1. The van der Waals surface area contributed by atoms with Gasteiger partial charge >= 0.3 is 24.1 Å². The molecule has 2 saturated carbocycles. The zero-order chi connectivity index (χ0) is 30.5. The minimum atomic E-state index is -2.02. The van der Waals surface area contributed by atoms with Crippen LogP contribution in [0.3, 0.4) is 0 Å². The molecule has 11 nitrogen and oxygen atoms in total. The Balaban J connectivity index is 1.91. The molecule has 0 heterocycles. The van der Waals surface area contributed by atoms with Crippen LogP contribution in [0.5, 0.6) is 0 Å². The van der Waals surface area contributed by atoms with Crippen molar-refractivity contribution in [1.82, 2.24) is 0 Å². The Hall–Kier alpha value is -3.23. The topological polar surface area (TPSA) is 168 Å². The summed E-state index contributed by atoms with van der Waals surface area (Å²) in [6.45, 7) is 10.5. The van der Waals surface area contributed by atoms with E-state index in [2.05, 4.69) is 4.98 Å². The van der Waals surface area contributed by atoms with Crippen LogP contribution < -0.4 is 0 Å². The zero-order valence-electron chi connectivity index (χ0n) is 24.5. The lowest BCUT2D eigenvalue weighted by Crippen LogP contribution is -2.66.